The maximum Gasteiger partial charge on any atom is 0.338 e. The maximum absolute atomic E-state index is 12.5. The second-order valence-electron chi connectivity index (χ2n) is 7.16. The summed E-state index contributed by atoms with van der Waals surface area (Å²) >= 11 is 0. The highest BCUT2D eigenvalue weighted by Gasteiger charge is 2.16. The Morgan fingerprint density at radius 2 is 1.53 bits per heavy atom. The van der Waals surface area contributed by atoms with E-state index in [0.717, 1.165) is 11.1 Å². The second-order valence-corrected chi connectivity index (χ2v) is 8.84. The number of sulfonamides is 1. The number of aryl methyl sites for hydroxylation is 1. The molecule has 0 heterocycles. The Hall–Kier alpha value is -3.65. The van der Waals surface area contributed by atoms with Gasteiger partial charge in [-0.3, -0.25) is 9.52 Å². The fourth-order valence-corrected chi connectivity index (χ4v) is 3.92. The molecule has 0 fully saturated rings. The van der Waals surface area contributed by atoms with Gasteiger partial charge in [-0.25, -0.2) is 13.2 Å². The van der Waals surface area contributed by atoms with Gasteiger partial charge in [0.05, 0.1) is 10.5 Å². The Balaban J connectivity index is 1.48. The zero-order chi connectivity index (χ0) is 23.0. The van der Waals surface area contributed by atoms with E-state index in [2.05, 4.69) is 10.0 Å². The molecule has 0 aliphatic heterocycles. The summed E-state index contributed by atoms with van der Waals surface area (Å²) in [6.07, 6.45) is 0.674. The smallest absolute Gasteiger partial charge is 0.338 e. The minimum absolute atomic E-state index is 0.00767. The molecular weight excluding hydrogens is 428 g/mol. The van der Waals surface area contributed by atoms with Crippen molar-refractivity contribution in [3.63, 3.8) is 0 Å². The number of carbonyl (C=O) groups is 2. The van der Waals surface area contributed by atoms with Crippen LogP contribution in [0.4, 0.5) is 5.69 Å². The number of ether oxygens (including phenoxy) is 1. The first-order valence-corrected chi connectivity index (χ1v) is 11.5. The average molecular weight is 453 g/mol. The fourth-order valence-electron chi connectivity index (χ4n) is 2.86. The number of esters is 1. The molecule has 3 aromatic rings. The number of carbonyl (C=O) groups excluding carboxylic acids is 2. The monoisotopic (exact) mass is 452 g/mol. The molecule has 32 heavy (non-hydrogen) atoms. The first-order valence-electron chi connectivity index (χ1n) is 10.0. The predicted molar refractivity (Wildman–Crippen MR) is 122 cm³/mol. The SMILES string of the molecule is Cc1ccc(NS(=O)(=O)c2ccc(C(=O)OCC(=O)NCCc3ccccc3)cc2)cc1. The first-order chi connectivity index (χ1) is 15.3. The summed E-state index contributed by atoms with van der Waals surface area (Å²) in [5.74, 6) is -1.12. The summed E-state index contributed by atoms with van der Waals surface area (Å²) in [5.41, 5.74) is 2.70. The normalized spacial score (nSPS) is 10.9. The molecule has 2 N–H and O–H groups in total. The number of hydrogen-bond donors (Lipinski definition) is 2. The predicted octanol–water partition coefficient (Wildman–Crippen LogP) is 3.31. The molecule has 3 rings (SSSR count). The quantitative estimate of drug-likeness (QED) is 0.485. The lowest BCUT2D eigenvalue weighted by Gasteiger charge is -2.09. The van der Waals surface area contributed by atoms with Crippen molar-refractivity contribution in [2.75, 3.05) is 17.9 Å². The summed E-state index contributed by atoms with van der Waals surface area (Å²) in [5, 5.41) is 2.69. The maximum atomic E-state index is 12.5. The molecule has 3 aromatic carbocycles. The highest BCUT2D eigenvalue weighted by Crippen LogP contribution is 2.17. The van der Waals surface area contributed by atoms with Crippen molar-refractivity contribution in [1.82, 2.24) is 5.32 Å². The molecule has 0 radical (unpaired) electrons. The van der Waals surface area contributed by atoms with Crippen molar-refractivity contribution < 1.29 is 22.7 Å². The molecule has 1 amide bonds. The third-order valence-corrected chi connectivity index (χ3v) is 6.01. The van der Waals surface area contributed by atoms with Crippen LogP contribution in [-0.2, 0) is 26.0 Å². The Morgan fingerprint density at radius 1 is 0.875 bits per heavy atom. The van der Waals surface area contributed by atoms with E-state index < -0.39 is 28.5 Å². The van der Waals surface area contributed by atoms with Crippen molar-refractivity contribution in [3.05, 3.63) is 95.6 Å². The summed E-state index contributed by atoms with van der Waals surface area (Å²) < 4.78 is 32.5. The van der Waals surface area contributed by atoms with Gasteiger partial charge in [-0.15, -0.1) is 0 Å². The van der Waals surface area contributed by atoms with E-state index in [9.17, 15) is 18.0 Å². The van der Waals surface area contributed by atoms with Crippen LogP contribution >= 0.6 is 0 Å². The Labute approximate surface area is 187 Å². The highest BCUT2D eigenvalue weighted by molar-refractivity contribution is 7.92. The molecule has 0 saturated carbocycles. The number of anilines is 1. The Bertz CT molecular complexity index is 1160. The van der Waals surface area contributed by atoms with Gasteiger partial charge in [0, 0.05) is 12.2 Å². The van der Waals surface area contributed by atoms with Gasteiger partial charge in [0.1, 0.15) is 0 Å². The summed E-state index contributed by atoms with van der Waals surface area (Å²) in [6.45, 7) is 1.92. The molecule has 0 atom stereocenters. The molecule has 8 heteroatoms. The third-order valence-electron chi connectivity index (χ3n) is 4.62. The van der Waals surface area contributed by atoms with Crippen LogP contribution in [0.15, 0.2) is 83.8 Å². The molecule has 0 aliphatic carbocycles. The molecule has 0 aromatic heterocycles. The summed E-state index contributed by atoms with van der Waals surface area (Å²) in [4.78, 5) is 24.0. The van der Waals surface area contributed by atoms with E-state index in [4.69, 9.17) is 4.74 Å². The molecule has 0 unspecified atom stereocenters. The standard InChI is InChI=1S/C24H24N2O5S/c1-18-7-11-21(12-8-18)26-32(29,30)22-13-9-20(10-14-22)24(28)31-17-23(27)25-16-15-19-5-3-2-4-6-19/h2-14,26H,15-17H2,1H3,(H,25,27). The van der Waals surface area contributed by atoms with Gasteiger partial charge in [-0.1, -0.05) is 48.0 Å². The van der Waals surface area contributed by atoms with Gasteiger partial charge in [0.25, 0.3) is 15.9 Å². The van der Waals surface area contributed by atoms with Crippen LogP contribution in [0.1, 0.15) is 21.5 Å². The lowest BCUT2D eigenvalue weighted by atomic mass is 10.1. The van der Waals surface area contributed by atoms with E-state index in [0.29, 0.717) is 18.7 Å². The van der Waals surface area contributed by atoms with Crippen LogP contribution in [0.3, 0.4) is 0 Å². The van der Waals surface area contributed by atoms with Crippen LogP contribution in [-0.4, -0.2) is 33.4 Å². The number of amides is 1. The van der Waals surface area contributed by atoms with Crippen LogP contribution in [0.25, 0.3) is 0 Å². The number of benzene rings is 3. The fraction of sp³-hybridized carbons (Fsp3) is 0.167. The lowest BCUT2D eigenvalue weighted by molar-refractivity contribution is -0.124. The van der Waals surface area contributed by atoms with E-state index >= 15 is 0 Å². The first kappa shape index (κ1) is 23.0. The van der Waals surface area contributed by atoms with Crippen LogP contribution < -0.4 is 10.0 Å². The van der Waals surface area contributed by atoms with Gasteiger partial charge in [-0.2, -0.15) is 0 Å². The van der Waals surface area contributed by atoms with Crippen molar-refractivity contribution >= 4 is 27.6 Å². The second kappa shape index (κ2) is 10.6. The van der Waals surface area contributed by atoms with Crippen molar-refractivity contribution in [2.24, 2.45) is 0 Å². The van der Waals surface area contributed by atoms with Crippen LogP contribution in [0.2, 0.25) is 0 Å². The summed E-state index contributed by atoms with van der Waals surface area (Å²) in [7, 11) is -3.79. The van der Waals surface area contributed by atoms with Crippen LogP contribution in [0.5, 0.6) is 0 Å². The number of hydrogen-bond acceptors (Lipinski definition) is 5. The molecule has 166 valence electrons. The van der Waals surface area contributed by atoms with E-state index in [-0.39, 0.29) is 10.5 Å². The Morgan fingerprint density at radius 3 is 2.19 bits per heavy atom. The molecule has 0 saturated heterocycles. The largest absolute Gasteiger partial charge is 0.452 e. The van der Waals surface area contributed by atoms with Crippen molar-refractivity contribution in [3.8, 4) is 0 Å². The van der Waals surface area contributed by atoms with Crippen molar-refractivity contribution in [1.29, 1.82) is 0 Å². The van der Waals surface area contributed by atoms with Gasteiger partial charge in [0.15, 0.2) is 6.61 Å². The summed E-state index contributed by atoms with van der Waals surface area (Å²) in [6, 6.07) is 22.0. The van der Waals surface area contributed by atoms with Gasteiger partial charge in [0.2, 0.25) is 0 Å². The van der Waals surface area contributed by atoms with Gasteiger partial charge in [-0.05, 0) is 55.3 Å². The number of nitrogens with one attached hydrogen (secondary N) is 2. The molecule has 0 spiro atoms. The van der Waals surface area contributed by atoms with Crippen molar-refractivity contribution in [2.45, 2.75) is 18.2 Å². The lowest BCUT2D eigenvalue weighted by Crippen LogP contribution is -2.30. The molecular formula is C24H24N2O5S. The minimum atomic E-state index is -3.79. The molecule has 0 aliphatic rings. The van der Waals surface area contributed by atoms with Gasteiger partial charge >= 0.3 is 5.97 Å². The molecule has 0 bridgehead atoms. The third kappa shape index (κ3) is 6.68. The minimum Gasteiger partial charge on any atom is -0.452 e. The zero-order valence-corrected chi connectivity index (χ0v) is 18.4. The van der Waals surface area contributed by atoms with E-state index in [1.54, 1.807) is 24.3 Å². The van der Waals surface area contributed by atoms with E-state index in [1.165, 1.54) is 24.3 Å². The molecule has 7 nitrogen and oxygen atoms in total. The topological polar surface area (TPSA) is 102 Å². The zero-order valence-electron chi connectivity index (χ0n) is 17.6. The average Bonchev–Trinajstić information content (AvgIpc) is 2.79. The highest BCUT2D eigenvalue weighted by atomic mass is 32.2. The number of rotatable bonds is 9. The van der Waals surface area contributed by atoms with E-state index in [1.807, 2.05) is 37.3 Å². The van der Waals surface area contributed by atoms with Gasteiger partial charge < -0.3 is 10.1 Å². The van der Waals surface area contributed by atoms with Crippen LogP contribution in [0, 0.1) is 6.92 Å². The Kier molecular flexibility index (Phi) is 7.62.